The van der Waals surface area contributed by atoms with E-state index >= 15 is 0 Å². The third kappa shape index (κ3) is 5.50. The minimum atomic E-state index is -5.16. The van der Waals surface area contributed by atoms with Crippen LogP contribution in [0.4, 0.5) is 18.9 Å². The predicted molar refractivity (Wildman–Crippen MR) is 102 cm³/mol. The zero-order valence-electron chi connectivity index (χ0n) is 15.9. The van der Waals surface area contributed by atoms with Gasteiger partial charge in [0.25, 0.3) is 5.91 Å². The summed E-state index contributed by atoms with van der Waals surface area (Å²) >= 11 is 0. The first kappa shape index (κ1) is 21.2. The van der Waals surface area contributed by atoms with Gasteiger partial charge in [-0.15, -0.1) is 0 Å². The number of hydrogen-bond acceptors (Lipinski definition) is 5. The molecule has 2 aliphatic rings. The van der Waals surface area contributed by atoms with Gasteiger partial charge in [-0.25, -0.2) is 4.79 Å². The van der Waals surface area contributed by atoms with Gasteiger partial charge in [-0.1, -0.05) is 18.2 Å². The van der Waals surface area contributed by atoms with E-state index in [9.17, 15) is 22.8 Å². The number of hydroxylamine groups is 1. The maximum atomic E-state index is 12.1. The van der Waals surface area contributed by atoms with Crippen molar-refractivity contribution < 1.29 is 27.6 Å². The number of nitrogens with zero attached hydrogens (tertiary/aromatic N) is 1. The molecule has 0 atom stereocenters. The molecule has 1 spiro atoms. The summed E-state index contributed by atoms with van der Waals surface area (Å²) in [5.74, 6) is -3.43. The third-order valence-electron chi connectivity index (χ3n) is 5.55. The van der Waals surface area contributed by atoms with Gasteiger partial charge in [0.15, 0.2) is 0 Å². The molecule has 0 aliphatic carbocycles. The number of carbonyl (C=O) groups excluding carboxylic acids is 2. The van der Waals surface area contributed by atoms with Crippen LogP contribution in [0.15, 0.2) is 30.3 Å². The van der Waals surface area contributed by atoms with Crippen molar-refractivity contribution in [1.29, 1.82) is 0 Å². The van der Waals surface area contributed by atoms with Crippen LogP contribution >= 0.6 is 0 Å². The number of nitrogens with one attached hydrogen (secondary N) is 2. The number of amides is 1. The Balaban J connectivity index is 1.60. The first-order valence-electron chi connectivity index (χ1n) is 9.60. The second kappa shape index (κ2) is 8.86. The highest BCUT2D eigenvalue weighted by atomic mass is 19.4. The van der Waals surface area contributed by atoms with Gasteiger partial charge in [-0.3, -0.25) is 4.79 Å². The normalized spacial score (nSPS) is 19.3. The maximum Gasteiger partial charge on any atom is 0.493 e. The highest BCUT2D eigenvalue weighted by Crippen LogP contribution is 2.39. The van der Waals surface area contributed by atoms with E-state index in [1.807, 2.05) is 24.3 Å². The molecule has 158 valence electrons. The van der Waals surface area contributed by atoms with E-state index in [0.29, 0.717) is 5.41 Å². The van der Waals surface area contributed by atoms with Gasteiger partial charge < -0.3 is 15.1 Å². The molecule has 2 saturated heterocycles. The maximum absolute atomic E-state index is 12.1. The molecule has 29 heavy (non-hydrogen) atoms. The lowest BCUT2D eigenvalue weighted by molar-refractivity contribution is -0.207. The van der Waals surface area contributed by atoms with Gasteiger partial charge in [0.2, 0.25) is 0 Å². The Morgan fingerprint density at radius 2 is 1.90 bits per heavy atom. The molecular weight excluding hydrogens is 387 g/mol. The van der Waals surface area contributed by atoms with Crippen LogP contribution in [-0.4, -0.2) is 44.2 Å². The summed E-state index contributed by atoms with van der Waals surface area (Å²) in [6, 6.07) is 7.51. The van der Waals surface area contributed by atoms with Crippen molar-refractivity contribution in [1.82, 2.24) is 10.8 Å². The Morgan fingerprint density at radius 1 is 1.17 bits per heavy atom. The van der Waals surface area contributed by atoms with Crippen LogP contribution in [-0.2, 0) is 14.4 Å². The number of halogens is 3. The fourth-order valence-electron chi connectivity index (χ4n) is 3.95. The molecule has 2 aliphatic heterocycles. The van der Waals surface area contributed by atoms with E-state index in [0.717, 1.165) is 56.3 Å². The molecular formula is C20H24F3N3O3. The fourth-order valence-corrected chi connectivity index (χ4v) is 3.95. The van der Waals surface area contributed by atoms with Gasteiger partial charge in [-0.2, -0.15) is 18.7 Å². The smallest absolute Gasteiger partial charge is 0.371 e. The second-order valence-electron chi connectivity index (χ2n) is 7.51. The molecule has 0 bridgehead atoms. The molecule has 1 aromatic rings. The first-order chi connectivity index (χ1) is 13.8. The summed E-state index contributed by atoms with van der Waals surface area (Å²) in [6.45, 7) is 3.95. The Labute approximate surface area is 167 Å². The SMILES string of the molecule is O=C(/C=C/c1ccccc1N1CCC2(CCCNC2)CC1)NOC(=O)C(F)(F)F. The van der Waals surface area contributed by atoms with E-state index in [4.69, 9.17) is 0 Å². The van der Waals surface area contributed by atoms with Crippen LogP contribution in [0.25, 0.3) is 6.08 Å². The van der Waals surface area contributed by atoms with Gasteiger partial charge in [0.05, 0.1) is 0 Å². The molecule has 6 nitrogen and oxygen atoms in total. The zero-order valence-corrected chi connectivity index (χ0v) is 15.9. The number of benzene rings is 1. The Bertz CT molecular complexity index is 764. The van der Waals surface area contributed by atoms with Crippen molar-refractivity contribution in [2.45, 2.75) is 31.9 Å². The van der Waals surface area contributed by atoms with E-state index < -0.39 is 18.1 Å². The lowest BCUT2D eigenvalue weighted by Gasteiger charge is -2.45. The summed E-state index contributed by atoms with van der Waals surface area (Å²) in [5, 5.41) is 3.49. The summed E-state index contributed by atoms with van der Waals surface area (Å²) in [6.07, 6.45) is 2.00. The lowest BCUT2D eigenvalue weighted by atomic mass is 9.73. The van der Waals surface area contributed by atoms with Gasteiger partial charge in [0, 0.05) is 31.4 Å². The number of anilines is 1. The number of alkyl halides is 3. The third-order valence-corrected chi connectivity index (χ3v) is 5.55. The summed E-state index contributed by atoms with van der Waals surface area (Å²) in [5.41, 5.74) is 3.57. The van der Waals surface area contributed by atoms with Crippen molar-refractivity contribution in [3.63, 3.8) is 0 Å². The number of hydrogen-bond donors (Lipinski definition) is 2. The van der Waals surface area contributed by atoms with Crippen molar-refractivity contribution in [2.24, 2.45) is 5.41 Å². The Morgan fingerprint density at radius 3 is 2.55 bits per heavy atom. The standard InChI is InChI=1S/C20H24F3N3O3/c21-20(22,23)18(28)29-25-17(27)7-6-15-4-1-2-5-16(15)26-12-9-19(10-13-26)8-3-11-24-14-19/h1-2,4-7,24H,3,8-14H2,(H,25,27)/b7-6+. The predicted octanol–water partition coefficient (Wildman–Crippen LogP) is 2.81. The molecule has 2 heterocycles. The van der Waals surface area contributed by atoms with Gasteiger partial charge in [-0.05, 0) is 55.3 Å². The molecule has 1 aromatic carbocycles. The van der Waals surface area contributed by atoms with Crippen molar-refractivity contribution in [2.75, 3.05) is 31.1 Å². The van der Waals surface area contributed by atoms with Crippen LogP contribution in [0, 0.1) is 5.41 Å². The van der Waals surface area contributed by atoms with Crippen LogP contribution in [0.5, 0.6) is 0 Å². The molecule has 9 heteroatoms. The van der Waals surface area contributed by atoms with E-state index in [1.165, 1.54) is 24.4 Å². The molecule has 0 aromatic heterocycles. The topological polar surface area (TPSA) is 70.7 Å². The molecule has 0 unspecified atom stereocenters. The molecule has 0 saturated carbocycles. The van der Waals surface area contributed by atoms with Crippen molar-refractivity contribution >= 4 is 23.6 Å². The first-order valence-corrected chi connectivity index (χ1v) is 9.60. The number of piperidine rings is 2. The highest BCUT2D eigenvalue weighted by molar-refractivity contribution is 5.93. The average Bonchev–Trinajstić information content (AvgIpc) is 2.71. The minimum absolute atomic E-state index is 0.363. The number of carbonyl (C=O) groups is 2. The highest BCUT2D eigenvalue weighted by Gasteiger charge is 2.42. The molecule has 1 amide bonds. The van der Waals surface area contributed by atoms with Gasteiger partial charge in [0.1, 0.15) is 0 Å². The van der Waals surface area contributed by atoms with Crippen LogP contribution in [0.2, 0.25) is 0 Å². The number of rotatable bonds is 3. The Hall–Kier alpha value is -2.55. The molecule has 3 rings (SSSR count). The second-order valence-corrected chi connectivity index (χ2v) is 7.51. The quantitative estimate of drug-likeness (QED) is 0.591. The van der Waals surface area contributed by atoms with E-state index in [-0.39, 0.29) is 0 Å². The molecule has 2 fully saturated rings. The lowest BCUT2D eigenvalue weighted by Crippen LogP contribution is -2.48. The summed E-state index contributed by atoms with van der Waals surface area (Å²) < 4.78 is 36.3. The van der Waals surface area contributed by atoms with Crippen LogP contribution in [0.3, 0.4) is 0 Å². The number of para-hydroxylation sites is 1. The van der Waals surface area contributed by atoms with Crippen LogP contribution < -0.4 is 15.7 Å². The Kier molecular flexibility index (Phi) is 6.46. The average molecular weight is 411 g/mol. The van der Waals surface area contributed by atoms with Gasteiger partial charge >= 0.3 is 12.1 Å². The van der Waals surface area contributed by atoms with Crippen molar-refractivity contribution in [3.05, 3.63) is 35.9 Å². The summed E-state index contributed by atoms with van der Waals surface area (Å²) in [4.78, 5) is 28.3. The molecule has 2 N–H and O–H groups in total. The zero-order chi connectivity index (χ0) is 20.9. The largest absolute Gasteiger partial charge is 0.493 e. The summed E-state index contributed by atoms with van der Waals surface area (Å²) in [7, 11) is 0. The monoisotopic (exact) mass is 411 g/mol. The van der Waals surface area contributed by atoms with E-state index in [1.54, 1.807) is 0 Å². The van der Waals surface area contributed by atoms with Crippen LogP contribution in [0.1, 0.15) is 31.2 Å². The fraction of sp³-hybridized carbons (Fsp3) is 0.500. The minimum Gasteiger partial charge on any atom is -0.371 e. The van der Waals surface area contributed by atoms with E-state index in [2.05, 4.69) is 15.1 Å². The molecule has 0 radical (unpaired) electrons. The van der Waals surface area contributed by atoms with Crippen molar-refractivity contribution in [3.8, 4) is 0 Å².